The molecule has 0 saturated heterocycles. The molecule has 0 bridgehead atoms. The second kappa shape index (κ2) is 13.5. The van der Waals surface area contributed by atoms with E-state index in [9.17, 15) is 44.3 Å². The molecule has 5 aromatic rings. The van der Waals surface area contributed by atoms with Crippen molar-refractivity contribution in [2.24, 2.45) is 0 Å². The van der Waals surface area contributed by atoms with Crippen molar-refractivity contribution < 1.29 is 53.8 Å². The molecule has 11 nitrogen and oxygen atoms in total. The number of methoxy groups -OCH3 is 1. The lowest BCUT2D eigenvalue weighted by Gasteiger charge is -2.19. The number of H-pyrrole nitrogens is 1. The Morgan fingerprint density at radius 2 is 1.62 bits per heavy atom. The third kappa shape index (κ3) is 8.01. The first-order chi connectivity index (χ1) is 24.8. The van der Waals surface area contributed by atoms with E-state index < -0.39 is 69.6 Å². The van der Waals surface area contributed by atoms with E-state index in [1.165, 1.54) is 43.8 Å². The van der Waals surface area contributed by atoms with Crippen molar-refractivity contribution >= 4 is 37.7 Å². The van der Waals surface area contributed by atoms with Gasteiger partial charge in [0.15, 0.2) is 19.0 Å². The summed E-state index contributed by atoms with van der Waals surface area (Å²) in [7, 11) is -2.98. The fourth-order valence-corrected chi connectivity index (χ4v) is 7.23. The highest BCUT2D eigenvalue weighted by atomic mass is 32.2. The van der Waals surface area contributed by atoms with E-state index in [-0.39, 0.29) is 39.0 Å². The number of nitrogens with one attached hydrogen (secondary N) is 3. The lowest BCUT2D eigenvalue weighted by atomic mass is 10.0. The van der Waals surface area contributed by atoms with Gasteiger partial charge in [-0.3, -0.25) is 9.36 Å². The van der Waals surface area contributed by atoms with Crippen LogP contribution in [-0.2, 0) is 16.4 Å². The summed E-state index contributed by atoms with van der Waals surface area (Å²) in [6.45, 7) is -0.106. The summed E-state index contributed by atoms with van der Waals surface area (Å²) in [4.78, 5) is 29.3. The Kier molecular flexibility index (Phi) is 9.55. The summed E-state index contributed by atoms with van der Waals surface area (Å²) in [5, 5.41) is 2.03. The van der Waals surface area contributed by atoms with E-state index in [1.807, 2.05) is 4.72 Å². The van der Waals surface area contributed by atoms with Gasteiger partial charge in [-0.15, -0.1) is 0 Å². The third-order valence-corrected chi connectivity index (χ3v) is 10.0. The molecule has 18 heteroatoms. The minimum absolute atomic E-state index is 0.0700. The molecule has 3 aromatic carbocycles. The Balaban J connectivity index is 1.31. The fraction of sp³-hybridized carbons (Fsp3) is 0.314. The van der Waals surface area contributed by atoms with Gasteiger partial charge in [0.1, 0.15) is 16.4 Å². The maximum absolute atomic E-state index is 13.9. The molecule has 0 spiro atoms. The number of fused-ring (bicyclic) bond motifs is 2. The first kappa shape index (κ1) is 37.4. The number of nitrogens with zero attached hydrogens (tertiary/aromatic N) is 1. The van der Waals surface area contributed by atoms with Gasteiger partial charge < -0.3 is 24.5 Å². The molecule has 282 valence electrons. The van der Waals surface area contributed by atoms with Gasteiger partial charge >= 0.3 is 18.4 Å². The number of halogens is 6. The highest BCUT2D eigenvalue weighted by molar-refractivity contribution is 7.90. The molecular formula is C35H32F6N4O7S. The zero-order valence-corrected chi connectivity index (χ0v) is 29.1. The normalized spacial score (nSPS) is 14.3. The largest absolute Gasteiger partial charge is 0.495 e. The Hall–Kier alpha value is -5.39. The van der Waals surface area contributed by atoms with Crippen molar-refractivity contribution in [1.82, 2.24) is 19.6 Å². The number of sulfonamides is 1. The van der Waals surface area contributed by atoms with Gasteiger partial charge in [0.25, 0.3) is 15.6 Å². The van der Waals surface area contributed by atoms with E-state index >= 15 is 0 Å². The summed E-state index contributed by atoms with van der Waals surface area (Å²) in [6.07, 6.45) is -5.69. The van der Waals surface area contributed by atoms with Crippen molar-refractivity contribution in [3.8, 4) is 22.9 Å². The van der Waals surface area contributed by atoms with Gasteiger partial charge in [-0.1, -0.05) is 18.2 Å². The first-order valence-electron chi connectivity index (χ1n) is 16.0. The number of aromatic amines is 1. The van der Waals surface area contributed by atoms with Crippen LogP contribution in [0.3, 0.4) is 0 Å². The van der Waals surface area contributed by atoms with Gasteiger partial charge in [-0.05, 0) is 80.1 Å². The quantitative estimate of drug-likeness (QED) is 0.127. The van der Waals surface area contributed by atoms with Gasteiger partial charge in [-0.2, -0.15) is 26.3 Å². The topological polar surface area (TPSA) is 141 Å². The summed E-state index contributed by atoms with van der Waals surface area (Å²) in [5.74, 6) is -0.815. The van der Waals surface area contributed by atoms with Crippen LogP contribution in [0.2, 0.25) is 0 Å². The summed E-state index contributed by atoms with van der Waals surface area (Å²) >= 11 is 0. The van der Waals surface area contributed by atoms with Gasteiger partial charge in [0.05, 0.1) is 29.1 Å². The van der Waals surface area contributed by atoms with E-state index in [0.717, 1.165) is 10.1 Å². The van der Waals surface area contributed by atoms with Gasteiger partial charge in [0.2, 0.25) is 0 Å². The maximum Gasteiger partial charge on any atom is 0.422 e. The molecule has 6 rings (SSSR count). The second-order valence-corrected chi connectivity index (χ2v) is 14.5. The van der Waals surface area contributed by atoms with Crippen LogP contribution in [0.4, 0.5) is 31.1 Å². The smallest absolute Gasteiger partial charge is 0.422 e. The molecule has 1 fully saturated rings. The van der Waals surface area contributed by atoms with E-state index in [4.69, 9.17) is 14.2 Å². The molecule has 0 atom stereocenters. The van der Waals surface area contributed by atoms with Crippen molar-refractivity contribution in [2.75, 3.05) is 20.3 Å². The van der Waals surface area contributed by atoms with E-state index in [1.54, 1.807) is 38.1 Å². The number of rotatable bonds is 11. The number of alkyl halides is 6. The monoisotopic (exact) mass is 766 g/mol. The minimum atomic E-state index is -4.79. The predicted octanol–water partition coefficient (Wildman–Crippen LogP) is 6.74. The van der Waals surface area contributed by atoms with Crippen LogP contribution in [0.25, 0.3) is 27.4 Å². The zero-order chi connectivity index (χ0) is 38.5. The lowest BCUT2D eigenvalue weighted by molar-refractivity contribution is -0.154. The molecule has 0 radical (unpaired) electrons. The molecule has 0 unspecified atom stereocenters. The Bertz CT molecular complexity index is 2400. The molecule has 1 aliphatic carbocycles. The number of hydrogen-bond acceptors (Lipinski definition) is 7. The van der Waals surface area contributed by atoms with E-state index in [2.05, 4.69) is 10.3 Å². The van der Waals surface area contributed by atoms with Crippen molar-refractivity contribution in [3.63, 3.8) is 0 Å². The van der Waals surface area contributed by atoms with Crippen molar-refractivity contribution in [3.05, 3.63) is 88.0 Å². The minimum Gasteiger partial charge on any atom is -0.495 e. The summed E-state index contributed by atoms with van der Waals surface area (Å²) in [6, 6.07) is 11.1. The highest BCUT2D eigenvalue weighted by Gasteiger charge is 2.44. The molecule has 2 heterocycles. The van der Waals surface area contributed by atoms with Crippen LogP contribution in [0.1, 0.15) is 29.5 Å². The van der Waals surface area contributed by atoms with Crippen LogP contribution in [0.15, 0.2) is 70.6 Å². The number of pyridine rings is 1. The van der Waals surface area contributed by atoms with Crippen LogP contribution in [-0.4, -0.2) is 62.2 Å². The van der Waals surface area contributed by atoms with Gasteiger partial charge in [-0.25, -0.2) is 17.9 Å². The van der Waals surface area contributed by atoms with Gasteiger partial charge in [0, 0.05) is 23.3 Å². The van der Waals surface area contributed by atoms with Crippen LogP contribution < -0.4 is 29.8 Å². The molecule has 53 heavy (non-hydrogen) atoms. The number of aromatic nitrogens is 2. The summed E-state index contributed by atoms with van der Waals surface area (Å²) in [5.41, 5.74) is 0.470. The van der Waals surface area contributed by atoms with E-state index in [0.29, 0.717) is 24.0 Å². The fourth-order valence-electron chi connectivity index (χ4n) is 6.18. The SMILES string of the molecule is COc1cc(C)ccc1S(=O)(=O)NC(=O)NC1(Cc2ccc(-n3cc4c(OCC(F)(F)F)c5[nH]cccc5c(OCC(F)(F)F)c4c3=O)c(C)c2)CC1. The van der Waals surface area contributed by atoms with Crippen molar-refractivity contribution in [2.45, 2.75) is 55.9 Å². The maximum atomic E-state index is 13.9. The number of ether oxygens (including phenoxy) is 3. The summed E-state index contributed by atoms with van der Waals surface area (Å²) < 4.78 is 124. The molecule has 0 aliphatic heterocycles. The molecule has 1 aliphatic rings. The third-order valence-electron chi connectivity index (χ3n) is 8.65. The first-order valence-corrected chi connectivity index (χ1v) is 17.5. The average Bonchev–Trinajstić information content (AvgIpc) is 3.72. The number of urea groups is 1. The molecule has 3 N–H and O–H groups in total. The Morgan fingerprint density at radius 1 is 0.943 bits per heavy atom. The Morgan fingerprint density at radius 3 is 2.25 bits per heavy atom. The number of amides is 2. The molecular weight excluding hydrogens is 734 g/mol. The van der Waals surface area contributed by atoms with Crippen LogP contribution in [0.5, 0.6) is 17.2 Å². The predicted molar refractivity (Wildman–Crippen MR) is 181 cm³/mol. The highest BCUT2D eigenvalue weighted by Crippen LogP contribution is 2.43. The zero-order valence-electron chi connectivity index (χ0n) is 28.3. The number of aryl methyl sites for hydroxylation is 2. The Labute approximate surface area is 297 Å². The van der Waals surface area contributed by atoms with Crippen molar-refractivity contribution in [1.29, 1.82) is 0 Å². The molecule has 2 amide bonds. The standard InChI is InChI=1S/C35H32F6N4O7S/c1-19-6-9-26(25(13-19)50-3)53(48,49)44-32(47)43-33(10-11-33)15-21-7-8-24(20(2)14-21)45-16-23-27(31(45)46)29(51-17-34(36,37)38)22-5-4-12-42-28(22)30(23)52-18-35(39,40)41/h4-9,12-14,16,42H,10-11,15,17-18H2,1-3H3,(H2,43,44,47). The lowest BCUT2D eigenvalue weighted by Crippen LogP contribution is -2.46. The average molecular weight is 767 g/mol. The number of carbonyl (C=O) groups excluding carboxylic acids is 1. The number of benzene rings is 3. The number of carbonyl (C=O) groups is 1. The van der Waals surface area contributed by atoms with Crippen LogP contribution >= 0.6 is 0 Å². The molecule has 2 aromatic heterocycles. The molecule has 1 saturated carbocycles. The number of hydrogen-bond donors (Lipinski definition) is 3. The van der Waals surface area contributed by atoms with Crippen LogP contribution in [0, 0.1) is 13.8 Å². The second-order valence-electron chi connectivity index (χ2n) is 12.8.